The van der Waals surface area contributed by atoms with Gasteiger partial charge in [-0.05, 0) is 25.7 Å². The van der Waals surface area contributed by atoms with E-state index in [1.54, 1.807) is 0 Å². The lowest BCUT2D eigenvalue weighted by atomic mass is 9.93. The zero-order valence-corrected chi connectivity index (χ0v) is 11.8. The van der Waals surface area contributed by atoms with Crippen LogP contribution < -0.4 is 10.5 Å². The van der Waals surface area contributed by atoms with Crippen molar-refractivity contribution in [3.8, 4) is 0 Å². The molecule has 4 N–H and O–H groups in total. The Morgan fingerprint density at radius 3 is 2.28 bits per heavy atom. The topological polar surface area (TPSA) is 105 Å². The fourth-order valence-electron chi connectivity index (χ4n) is 2.17. The fourth-order valence-corrected chi connectivity index (χ4v) is 4.10. The molecule has 1 heterocycles. The summed E-state index contributed by atoms with van der Waals surface area (Å²) < 4.78 is 32.4. The highest BCUT2D eigenvalue weighted by atomic mass is 32.2. The third-order valence-corrected chi connectivity index (χ3v) is 5.69. The van der Waals surface area contributed by atoms with E-state index in [-0.39, 0.29) is 5.84 Å². The largest absolute Gasteiger partial charge is 0.386 e. The second-order valence-electron chi connectivity index (χ2n) is 4.66. The molecule has 0 unspecified atom stereocenters. The predicted octanol–water partition coefficient (Wildman–Crippen LogP) is 0.580. The van der Waals surface area contributed by atoms with E-state index in [4.69, 9.17) is 15.9 Å². The van der Waals surface area contributed by atoms with Crippen molar-refractivity contribution in [3.63, 3.8) is 0 Å². The molecule has 0 radical (unpaired) electrons. The van der Waals surface area contributed by atoms with Gasteiger partial charge in [-0.15, -0.1) is 0 Å². The minimum Gasteiger partial charge on any atom is -0.386 e. The number of ether oxygens (including phenoxy) is 1. The summed E-state index contributed by atoms with van der Waals surface area (Å²) in [6.07, 6.45) is 1.94. The van der Waals surface area contributed by atoms with Crippen LogP contribution in [0.4, 0.5) is 0 Å². The van der Waals surface area contributed by atoms with Crippen molar-refractivity contribution >= 4 is 15.9 Å². The van der Waals surface area contributed by atoms with Crippen LogP contribution in [0.15, 0.2) is 0 Å². The highest BCUT2D eigenvalue weighted by molar-refractivity contribution is 7.90. The first kappa shape index (κ1) is 15.4. The zero-order chi connectivity index (χ0) is 13.8. The van der Waals surface area contributed by atoms with E-state index in [1.165, 1.54) is 0 Å². The fraction of sp³-hybridized carbons (Fsp3) is 0.909. The van der Waals surface area contributed by atoms with Gasteiger partial charge in [0.05, 0.1) is 10.8 Å². The Morgan fingerprint density at radius 2 is 1.89 bits per heavy atom. The van der Waals surface area contributed by atoms with Crippen molar-refractivity contribution in [3.05, 3.63) is 0 Å². The lowest BCUT2D eigenvalue weighted by Gasteiger charge is -2.33. The van der Waals surface area contributed by atoms with Crippen LogP contribution in [0.25, 0.3) is 0 Å². The maximum atomic E-state index is 12.3. The van der Waals surface area contributed by atoms with Crippen LogP contribution in [0, 0.1) is 5.41 Å². The predicted molar refractivity (Wildman–Crippen MR) is 71.1 cm³/mol. The molecule has 7 heteroatoms. The maximum absolute atomic E-state index is 12.3. The average Bonchev–Trinajstić information content (AvgIpc) is 2.37. The van der Waals surface area contributed by atoms with E-state index in [2.05, 4.69) is 4.72 Å². The Bertz CT molecular complexity index is 384. The number of nitrogens with one attached hydrogen (secondary N) is 2. The second-order valence-corrected chi connectivity index (χ2v) is 6.62. The Hall–Kier alpha value is -0.660. The number of sulfonamides is 1. The number of nitrogens with two attached hydrogens (primary N) is 1. The number of hydrogen-bond donors (Lipinski definition) is 3. The summed E-state index contributed by atoms with van der Waals surface area (Å²) in [6, 6.07) is 0. The molecule has 18 heavy (non-hydrogen) atoms. The van der Waals surface area contributed by atoms with Gasteiger partial charge in [-0.3, -0.25) is 5.41 Å². The Balaban J connectivity index is 2.88. The molecule has 0 spiro atoms. The van der Waals surface area contributed by atoms with Crippen LogP contribution in [0.5, 0.6) is 0 Å². The van der Waals surface area contributed by atoms with Crippen LogP contribution in [0.3, 0.4) is 0 Å². The number of rotatable bonds is 6. The van der Waals surface area contributed by atoms with E-state index in [0.717, 1.165) is 0 Å². The summed E-state index contributed by atoms with van der Waals surface area (Å²) in [7, 11) is -3.46. The first-order valence-corrected chi connectivity index (χ1v) is 7.87. The van der Waals surface area contributed by atoms with Crippen molar-refractivity contribution in [2.24, 2.45) is 5.73 Å². The Morgan fingerprint density at radius 1 is 1.39 bits per heavy atom. The molecule has 0 bridgehead atoms. The quantitative estimate of drug-likeness (QED) is 0.488. The highest BCUT2D eigenvalue weighted by Crippen LogP contribution is 2.21. The van der Waals surface area contributed by atoms with Crippen LogP contribution in [0.1, 0.15) is 39.5 Å². The molecule has 0 aliphatic carbocycles. The van der Waals surface area contributed by atoms with Crippen molar-refractivity contribution < 1.29 is 13.2 Å². The van der Waals surface area contributed by atoms with Crippen molar-refractivity contribution in [2.45, 2.75) is 50.3 Å². The lowest BCUT2D eigenvalue weighted by Crippen LogP contribution is -2.58. The first-order chi connectivity index (χ1) is 8.38. The molecule has 0 saturated carbocycles. The SMILES string of the molecule is CCC(CC)(NS(=O)(=O)C1CCOCC1)C(=N)N. The lowest BCUT2D eigenvalue weighted by molar-refractivity contribution is 0.0980. The van der Waals surface area contributed by atoms with Gasteiger partial charge < -0.3 is 10.5 Å². The molecule has 0 aromatic rings. The summed E-state index contributed by atoms with van der Waals surface area (Å²) in [6.45, 7) is 4.60. The van der Waals surface area contributed by atoms with Gasteiger partial charge in [0, 0.05) is 13.2 Å². The second kappa shape index (κ2) is 5.99. The van der Waals surface area contributed by atoms with Crippen LogP contribution in [-0.2, 0) is 14.8 Å². The standard InChI is InChI=1S/C11H23N3O3S/c1-3-11(4-2,10(12)13)14-18(15,16)9-5-7-17-8-6-9/h9,14H,3-8H2,1-2H3,(H3,12,13). The summed E-state index contributed by atoms with van der Waals surface area (Å²) in [5.74, 6) is -0.122. The van der Waals surface area contributed by atoms with Crippen LogP contribution in [0.2, 0.25) is 0 Å². The molecule has 6 nitrogen and oxygen atoms in total. The summed E-state index contributed by atoms with van der Waals surface area (Å²) in [5, 5.41) is 7.18. The molecular formula is C11H23N3O3S. The maximum Gasteiger partial charge on any atom is 0.215 e. The molecular weight excluding hydrogens is 254 g/mol. The molecule has 1 aliphatic rings. The van der Waals surface area contributed by atoms with Gasteiger partial charge in [0.15, 0.2) is 0 Å². The van der Waals surface area contributed by atoms with Gasteiger partial charge in [0.1, 0.15) is 5.84 Å². The third kappa shape index (κ3) is 3.21. The van der Waals surface area contributed by atoms with Gasteiger partial charge >= 0.3 is 0 Å². The van der Waals surface area contributed by atoms with Gasteiger partial charge in [-0.1, -0.05) is 13.8 Å². The highest BCUT2D eigenvalue weighted by Gasteiger charge is 2.38. The minimum atomic E-state index is -3.46. The van der Waals surface area contributed by atoms with Crippen molar-refractivity contribution in [1.82, 2.24) is 4.72 Å². The Labute approximate surface area is 109 Å². The summed E-state index contributed by atoms with van der Waals surface area (Å²) >= 11 is 0. The zero-order valence-electron chi connectivity index (χ0n) is 11.0. The monoisotopic (exact) mass is 277 g/mol. The smallest absolute Gasteiger partial charge is 0.215 e. The molecule has 1 saturated heterocycles. The molecule has 0 amide bonds. The summed E-state index contributed by atoms with van der Waals surface area (Å²) in [5.41, 5.74) is 4.61. The van der Waals surface area contributed by atoms with E-state index in [1.807, 2.05) is 13.8 Å². The molecule has 1 fully saturated rings. The van der Waals surface area contributed by atoms with Crippen molar-refractivity contribution in [2.75, 3.05) is 13.2 Å². The van der Waals surface area contributed by atoms with Crippen molar-refractivity contribution in [1.29, 1.82) is 5.41 Å². The van der Waals surface area contributed by atoms with Crippen LogP contribution in [-0.4, -0.2) is 38.3 Å². The molecule has 106 valence electrons. The van der Waals surface area contributed by atoms with Crippen LogP contribution >= 0.6 is 0 Å². The van der Waals surface area contributed by atoms with Gasteiger partial charge in [0.2, 0.25) is 10.0 Å². The normalized spacial score (nSPS) is 18.8. The van der Waals surface area contributed by atoms with E-state index in [0.29, 0.717) is 38.9 Å². The molecule has 0 aromatic heterocycles. The third-order valence-electron chi connectivity index (χ3n) is 3.67. The van der Waals surface area contributed by atoms with E-state index >= 15 is 0 Å². The molecule has 1 rings (SSSR count). The first-order valence-electron chi connectivity index (χ1n) is 6.33. The number of amidine groups is 1. The number of hydrogen-bond acceptors (Lipinski definition) is 4. The molecule has 1 aliphatic heterocycles. The van der Waals surface area contributed by atoms with E-state index < -0.39 is 20.8 Å². The average molecular weight is 277 g/mol. The molecule has 0 aromatic carbocycles. The van der Waals surface area contributed by atoms with Gasteiger partial charge in [-0.25, -0.2) is 13.1 Å². The van der Waals surface area contributed by atoms with Gasteiger partial charge in [0.25, 0.3) is 0 Å². The Kier molecular flexibility index (Phi) is 5.12. The van der Waals surface area contributed by atoms with E-state index in [9.17, 15) is 8.42 Å². The summed E-state index contributed by atoms with van der Waals surface area (Å²) in [4.78, 5) is 0. The minimum absolute atomic E-state index is 0.122. The van der Waals surface area contributed by atoms with Gasteiger partial charge in [-0.2, -0.15) is 0 Å². The molecule has 0 atom stereocenters.